The summed E-state index contributed by atoms with van der Waals surface area (Å²) in [5.74, 6) is 0.799. The van der Waals surface area contributed by atoms with Gasteiger partial charge in [-0.1, -0.05) is 44.5 Å². The molecule has 0 bridgehead atoms. The summed E-state index contributed by atoms with van der Waals surface area (Å²) < 4.78 is 0. The smallest absolute Gasteiger partial charge is 0.272 e. The average Bonchev–Trinajstić information content (AvgIpc) is 2.46. The summed E-state index contributed by atoms with van der Waals surface area (Å²) in [5, 5.41) is 1.83. The molecule has 1 unspecified atom stereocenters. The van der Waals surface area contributed by atoms with Gasteiger partial charge in [0.1, 0.15) is 11.5 Å². The minimum absolute atomic E-state index is 0.0808. The Balaban J connectivity index is 2.30. The van der Waals surface area contributed by atoms with Gasteiger partial charge in [-0.15, -0.1) is 0 Å². The van der Waals surface area contributed by atoms with Crippen LogP contribution >= 0.6 is 0 Å². The molecule has 2 N–H and O–H groups in total. The minimum atomic E-state index is -0.0808. The lowest BCUT2D eigenvalue weighted by Gasteiger charge is -2.20. The Morgan fingerprint density at radius 1 is 1.40 bits per heavy atom. The van der Waals surface area contributed by atoms with Crippen molar-refractivity contribution in [1.82, 2.24) is 9.88 Å². The number of nitrogens with zero attached hydrogens (tertiary/aromatic N) is 2. The molecule has 4 heteroatoms. The van der Waals surface area contributed by atoms with Crippen molar-refractivity contribution in [3.8, 4) is 0 Å². The van der Waals surface area contributed by atoms with E-state index < -0.39 is 0 Å². The van der Waals surface area contributed by atoms with Crippen LogP contribution in [0.25, 0.3) is 10.8 Å². The molecular formula is C16H21N3O. The second-order valence-electron chi connectivity index (χ2n) is 5.31. The summed E-state index contributed by atoms with van der Waals surface area (Å²) in [6, 6.07) is 9.50. The van der Waals surface area contributed by atoms with Gasteiger partial charge in [-0.2, -0.15) is 0 Å². The zero-order valence-corrected chi connectivity index (χ0v) is 12.3. The van der Waals surface area contributed by atoms with Crippen molar-refractivity contribution in [3.05, 3.63) is 36.0 Å². The number of benzene rings is 1. The van der Waals surface area contributed by atoms with Gasteiger partial charge < -0.3 is 10.6 Å². The lowest BCUT2D eigenvalue weighted by atomic mass is 10.1. The lowest BCUT2D eigenvalue weighted by Crippen LogP contribution is -2.31. The van der Waals surface area contributed by atoms with Gasteiger partial charge in [0, 0.05) is 19.0 Å². The van der Waals surface area contributed by atoms with Crippen LogP contribution < -0.4 is 5.73 Å². The predicted molar refractivity (Wildman–Crippen MR) is 82.6 cm³/mol. The number of hydrogen-bond acceptors (Lipinski definition) is 3. The van der Waals surface area contributed by atoms with Crippen LogP contribution in [0, 0.1) is 5.92 Å². The molecule has 2 rings (SSSR count). The van der Waals surface area contributed by atoms with Crippen LogP contribution in [0.5, 0.6) is 0 Å². The molecule has 0 saturated heterocycles. The molecule has 1 amide bonds. The van der Waals surface area contributed by atoms with E-state index in [1.165, 1.54) is 0 Å². The molecule has 1 heterocycles. The largest absolute Gasteiger partial charge is 0.383 e. The number of anilines is 1. The Morgan fingerprint density at radius 3 is 2.80 bits per heavy atom. The molecular weight excluding hydrogens is 250 g/mol. The SMILES string of the molecule is CCC(C)CN(C)C(=O)c1cc2ccccc2c(N)n1. The molecule has 0 fully saturated rings. The normalized spacial score (nSPS) is 12.3. The molecule has 2 aromatic rings. The van der Waals surface area contributed by atoms with Gasteiger partial charge in [-0.3, -0.25) is 4.79 Å². The Hall–Kier alpha value is -2.10. The van der Waals surface area contributed by atoms with Gasteiger partial charge in [-0.05, 0) is 17.4 Å². The first kappa shape index (κ1) is 14.3. The van der Waals surface area contributed by atoms with Gasteiger partial charge in [0.2, 0.25) is 0 Å². The fourth-order valence-electron chi connectivity index (χ4n) is 2.21. The maximum Gasteiger partial charge on any atom is 0.272 e. The van der Waals surface area contributed by atoms with E-state index in [9.17, 15) is 4.79 Å². The summed E-state index contributed by atoms with van der Waals surface area (Å²) in [6.07, 6.45) is 1.05. The number of fused-ring (bicyclic) bond motifs is 1. The molecule has 4 nitrogen and oxygen atoms in total. The van der Waals surface area contributed by atoms with Crippen molar-refractivity contribution in [2.45, 2.75) is 20.3 Å². The second-order valence-corrected chi connectivity index (χ2v) is 5.31. The number of rotatable bonds is 4. The van der Waals surface area contributed by atoms with E-state index >= 15 is 0 Å². The highest BCUT2D eigenvalue weighted by molar-refractivity contribution is 5.99. The fourth-order valence-corrected chi connectivity index (χ4v) is 2.21. The predicted octanol–water partition coefficient (Wildman–Crippen LogP) is 2.94. The first-order valence-corrected chi connectivity index (χ1v) is 6.93. The molecule has 0 radical (unpaired) electrons. The van der Waals surface area contributed by atoms with E-state index in [-0.39, 0.29) is 5.91 Å². The van der Waals surface area contributed by atoms with Crippen molar-refractivity contribution < 1.29 is 4.79 Å². The van der Waals surface area contributed by atoms with E-state index in [1.54, 1.807) is 11.0 Å². The van der Waals surface area contributed by atoms with Crippen LogP contribution in [-0.2, 0) is 0 Å². The van der Waals surface area contributed by atoms with Crippen LogP contribution in [0.2, 0.25) is 0 Å². The maximum atomic E-state index is 12.4. The van der Waals surface area contributed by atoms with Gasteiger partial charge in [0.25, 0.3) is 5.91 Å². The molecule has 1 aromatic heterocycles. The van der Waals surface area contributed by atoms with E-state index in [2.05, 4.69) is 18.8 Å². The molecule has 0 spiro atoms. The first-order chi connectivity index (χ1) is 9.52. The van der Waals surface area contributed by atoms with Crippen LogP contribution in [0.15, 0.2) is 30.3 Å². The number of hydrogen-bond donors (Lipinski definition) is 1. The number of nitrogen functional groups attached to an aromatic ring is 1. The van der Waals surface area contributed by atoms with Crippen LogP contribution in [0.1, 0.15) is 30.8 Å². The lowest BCUT2D eigenvalue weighted by molar-refractivity contribution is 0.0769. The van der Waals surface area contributed by atoms with Crippen molar-refractivity contribution in [1.29, 1.82) is 0 Å². The molecule has 1 atom stereocenters. The third-order valence-electron chi connectivity index (χ3n) is 3.62. The van der Waals surface area contributed by atoms with Gasteiger partial charge in [0.15, 0.2) is 0 Å². The molecule has 0 aliphatic carbocycles. The standard InChI is InChI=1S/C16H21N3O/c1-4-11(2)10-19(3)16(20)14-9-12-7-5-6-8-13(12)15(17)18-14/h5-9,11H,4,10H2,1-3H3,(H2,17,18). The van der Waals surface area contributed by atoms with E-state index in [4.69, 9.17) is 5.73 Å². The second kappa shape index (κ2) is 5.90. The van der Waals surface area contributed by atoms with Crippen LogP contribution in [0.3, 0.4) is 0 Å². The third kappa shape index (κ3) is 2.90. The van der Waals surface area contributed by atoms with E-state index in [0.29, 0.717) is 17.4 Å². The highest BCUT2D eigenvalue weighted by Gasteiger charge is 2.16. The molecule has 0 saturated carbocycles. The van der Waals surface area contributed by atoms with Crippen molar-refractivity contribution >= 4 is 22.5 Å². The van der Waals surface area contributed by atoms with Crippen molar-refractivity contribution in [2.75, 3.05) is 19.3 Å². The number of carbonyl (C=O) groups excluding carboxylic acids is 1. The first-order valence-electron chi connectivity index (χ1n) is 6.93. The molecule has 0 aliphatic heterocycles. The Morgan fingerprint density at radius 2 is 2.10 bits per heavy atom. The number of pyridine rings is 1. The minimum Gasteiger partial charge on any atom is -0.383 e. The summed E-state index contributed by atoms with van der Waals surface area (Å²) in [7, 11) is 1.81. The zero-order chi connectivity index (χ0) is 14.7. The number of nitrogens with two attached hydrogens (primary N) is 1. The number of carbonyl (C=O) groups is 1. The molecule has 106 valence electrons. The van der Waals surface area contributed by atoms with Crippen molar-refractivity contribution in [3.63, 3.8) is 0 Å². The molecule has 0 aliphatic rings. The number of aromatic nitrogens is 1. The van der Waals surface area contributed by atoms with Crippen LogP contribution in [-0.4, -0.2) is 29.4 Å². The fraction of sp³-hybridized carbons (Fsp3) is 0.375. The van der Waals surface area contributed by atoms with E-state index in [1.807, 2.05) is 31.3 Å². The van der Waals surface area contributed by atoms with Gasteiger partial charge in [0.05, 0.1) is 0 Å². The highest BCUT2D eigenvalue weighted by Crippen LogP contribution is 2.20. The zero-order valence-electron chi connectivity index (χ0n) is 12.3. The van der Waals surface area contributed by atoms with Gasteiger partial charge >= 0.3 is 0 Å². The van der Waals surface area contributed by atoms with E-state index in [0.717, 1.165) is 23.7 Å². The molecule has 20 heavy (non-hydrogen) atoms. The topological polar surface area (TPSA) is 59.2 Å². The average molecular weight is 271 g/mol. The Kier molecular flexibility index (Phi) is 4.23. The Labute approximate surface area is 119 Å². The third-order valence-corrected chi connectivity index (χ3v) is 3.62. The summed E-state index contributed by atoms with van der Waals surface area (Å²) in [4.78, 5) is 18.4. The highest BCUT2D eigenvalue weighted by atomic mass is 16.2. The Bertz CT molecular complexity index is 624. The van der Waals surface area contributed by atoms with Crippen LogP contribution in [0.4, 0.5) is 5.82 Å². The quantitative estimate of drug-likeness (QED) is 0.930. The van der Waals surface area contributed by atoms with Crippen molar-refractivity contribution in [2.24, 2.45) is 5.92 Å². The summed E-state index contributed by atoms with van der Waals surface area (Å²) in [6.45, 7) is 4.98. The summed E-state index contributed by atoms with van der Waals surface area (Å²) in [5.41, 5.74) is 6.35. The van der Waals surface area contributed by atoms with Gasteiger partial charge in [-0.25, -0.2) is 4.98 Å². The number of amides is 1. The monoisotopic (exact) mass is 271 g/mol. The maximum absolute atomic E-state index is 12.4. The molecule has 1 aromatic carbocycles. The summed E-state index contributed by atoms with van der Waals surface area (Å²) >= 11 is 0.